The third kappa shape index (κ3) is 6.56. The Morgan fingerprint density at radius 1 is 0.800 bits per heavy atom. The molecule has 0 bridgehead atoms. The van der Waals surface area contributed by atoms with Crippen molar-refractivity contribution in [1.29, 1.82) is 0 Å². The predicted molar refractivity (Wildman–Crippen MR) is 109 cm³/mol. The lowest BCUT2D eigenvalue weighted by Gasteiger charge is -2.49. The van der Waals surface area contributed by atoms with Crippen LogP contribution in [0.1, 0.15) is 0 Å². The van der Waals surface area contributed by atoms with E-state index in [0.29, 0.717) is 0 Å². The van der Waals surface area contributed by atoms with Gasteiger partial charge in [0.25, 0.3) is 16.2 Å². The SMILES string of the molecule is CO[Si](C)(C)[Si](O[Si]O)(O[SiH](C)O[Si](C)(C)C)[Si](O[Si]O)([Si]O)[Si]O. The zero-order valence-corrected chi connectivity index (χ0v) is 24.6. The summed E-state index contributed by atoms with van der Waals surface area (Å²) in [6, 6.07) is 0. The van der Waals surface area contributed by atoms with Crippen molar-refractivity contribution in [2.45, 2.75) is 39.3 Å². The van der Waals surface area contributed by atoms with E-state index in [2.05, 4.69) is 0 Å². The minimum absolute atomic E-state index is 0.785. The van der Waals surface area contributed by atoms with Gasteiger partial charge in [0.05, 0.1) is 0 Å². The summed E-state index contributed by atoms with van der Waals surface area (Å²) in [5.41, 5.74) is 0. The van der Waals surface area contributed by atoms with Gasteiger partial charge in [0.2, 0.25) is 26.4 Å². The highest BCUT2D eigenvalue weighted by Crippen LogP contribution is 2.32. The fraction of sp³-hybridized carbons (Fsp3) is 1.00. The summed E-state index contributed by atoms with van der Waals surface area (Å²) in [6.07, 6.45) is 0. The summed E-state index contributed by atoms with van der Waals surface area (Å²) in [5, 5.41) is 0. The van der Waals surface area contributed by atoms with E-state index >= 15 is 0 Å². The molecule has 0 aliphatic rings. The first-order valence-corrected chi connectivity index (χ1v) is 27.0. The third-order valence-electron chi connectivity index (χ3n) is 3.32. The van der Waals surface area contributed by atoms with Crippen LogP contribution in [0.5, 0.6) is 0 Å². The summed E-state index contributed by atoms with van der Waals surface area (Å²) >= 11 is 0. The summed E-state index contributed by atoms with van der Waals surface area (Å²) in [7, 11) is -12.4. The van der Waals surface area contributed by atoms with Gasteiger partial charge in [0.1, 0.15) is 0 Å². The summed E-state index contributed by atoms with van der Waals surface area (Å²) < 4.78 is 29.6. The Morgan fingerprint density at radius 2 is 1.28 bits per heavy atom. The molecule has 0 heterocycles. The van der Waals surface area contributed by atoms with E-state index in [1.807, 2.05) is 39.3 Å². The largest absolute Gasteiger partial charge is 0.439 e. The Kier molecular flexibility index (Phi) is 11.6. The van der Waals surface area contributed by atoms with Crippen molar-refractivity contribution in [3.63, 3.8) is 0 Å². The second kappa shape index (κ2) is 11.0. The Morgan fingerprint density at radius 3 is 1.60 bits per heavy atom. The van der Waals surface area contributed by atoms with E-state index in [0.717, 1.165) is 0 Å². The van der Waals surface area contributed by atoms with Crippen LogP contribution in [0.4, 0.5) is 0 Å². The van der Waals surface area contributed by atoms with Gasteiger partial charge in [-0.3, -0.25) is 0 Å². The maximum Gasteiger partial charge on any atom is 0.420 e. The molecular weight excluding hydrogens is 481 g/mol. The maximum atomic E-state index is 10.1. The quantitative estimate of drug-likeness (QED) is 0.199. The topological polar surface area (TPSA) is 127 Å². The molecule has 0 aromatic heterocycles. The molecule has 0 aromatic carbocycles. The molecule has 0 aliphatic carbocycles. The molecular formula is C7H26O9Si9. The third-order valence-corrected chi connectivity index (χ3v) is 57.2. The molecule has 8 radical (unpaired) electrons. The fourth-order valence-electron chi connectivity index (χ4n) is 2.18. The normalized spacial score (nSPS) is 17.4. The van der Waals surface area contributed by atoms with Crippen LogP contribution in [0.25, 0.3) is 0 Å². The van der Waals surface area contributed by atoms with Gasteiger partial charge in [0.15, 0.2) is 8.32 Å². The zero-order chi connectivity index (χ0) is 19.9. The maximum absolute atomic E-state index is 10.1. The predicted octanol–water partition coefficient (Wildman–Crippen LogP) is -2.60. The van der Waals surface area contributed by atoms with Crippen molar-refractivity contribution < 1.29 is 40.1 Å². The lowest BCUT2D eigenvalue weighted by atomic mass is 11.8. The van der Waals surface area contributed by atoms with Gasteiger partial charge in [-0.15, -0.1) is 0 Å². The molecule has 2 unspecified atom stereocenters. The van der Waals surface area contributed by atoms with Crippen molar-refractivity contribution >= 4 is 78.5 Å². The minimum atomic E-state index is -3.56. The van der Waals surface area contributed by atoms with Gasteiger partial charge in [-0.05, 0) is 39.3 Å². The van der Waals surface area contributed by atoms with Crippen LogP contribution >= 0.6 is 0 Å². The first-order valence-electron chi connectivity index (χ1n) is 7.28. The second-order valence-electron chi connectivity index (χ2n) is 6.54. The highest BCUT2D eigenvalue weighted by molar-refractivity contribution is 7.84. The van der Waals surface area contributed by atoms with E-state index < -0.39 is 78.5 Å². The van der Waals surface area contributed by atoms with Crippen molar-refractivity contribution in [2.24, 2.45) is 0 Å². The second-order valence-corrected chi connectivity index (χ2v) is 43.5. The molecule has 0 amide bonds. The van der Waals surface area contributed by atoms with Gasteiger partial charge in [-0.25, -0.2) is 0 Å². The van der Waals surface area contributed by atoms with Crippen LogP contribution in [-0.2, 0) is 20.9 Å². The zero-order valence-electron chi connectivity index (χ0n) is 15.4. The van der Waals surface area contributed by atoms with Crippen LogP contribution in [0.2, 0.25) is 39.3 Å². The molecule has 0 fully saturated rings. The van der Waals surface area contributed by atoms with Crippen LogP contribution in [0.15, 0.2) is 0 Å². The van der Waals surface area contributed by atoms with Crippen molar-refractivity contribution in [3.8, 4) is 0 Å². The minimum Gasteiger partial charge on any atom is -0.439 e. The molecule has 18 heteroatoms. The van der Waals surface area contributed by atoms with Crippen LogP contribution in [-0.4, -0.2) is 105 Å². The van der Waals surface area contributed by atoms with E-state index in [1.54, 1.807) is 0 Å². The molecule has 0 aromatic rings. The number of hydrogen-bond donors (Lipinski definition) is 4. The summed E-state index contributed by atoms with van der Waals surface area (Å²) in [6.45, 7) is 8.20. The Hall–Kier alpha value is 1.59. The van der Waals surface area contributed by atoms with Gasteiger partial charge in [-0.2, -0.15) is 0 Å². The van der Waals surface area contributed by atoms with Crippen molar-refractivity contribution in [3.05, 3.63) is 0 Å². The highest BCUT2D eigenvalue weighted by atomic mass is 30.0. The first-order chi connectivity index (χ1) is 11.4. The average Bonchev–Trinajstić information content (AvgIpc) is 2.50. The van der Waals surface area contributed by atoms with Gasteiger partial charge in [-0.1, -0.05) is 0 Å². The molecule has 0 saturated carbocycles. The first kappa shape index (κ1) is 26.6. The number of hydrogen-bond acceptors (Lipinski definition) is 9. The lowest BCUT2D eigenvalue weighted by Crippen LogP contribution is -2.87. The van der Waals surface area contributed by atoms with E-state index in [9.17, 15) is 19.2 Å². The monoisotopic (exact) mass is 506 g/mol. The molecule has 0 saturated heterocycles. The molecule has 144 valence electrons. The molecule has 2 atom stereocenters. The van der Waals surface area contributed by atoms with Crippen molar-refractivity contribution in [2.75, 3.05) is 7.11 Å². The van der Waals surface area contributed by atoms with Crippen LogP contribution in [0, 0.1) is 0 Å². The van der Waals surface area contributed by atoms with Crippen LogP contribution in [0.3, 0.4) is 0 Å². The Balaban J connectivity index is 6.23. The van der Waals surface area contributed by atoms with Gasteiger partial charge in [0, 0.05) is 7.11 Å². The van der Waals surface area contributed by atoms with Gasteiger partial charge >= 0.3 is 27.6 Å². The van der Waals surface area contributed by atoms with E-state index in [-0.39, 0.29) is 0 Å². The Labute approximate surface area is 164 Å². The molecule has 9 nitrogen and oxygen atoms in total. The Bertz CT molecular complexity index is 392. The van der Waals surface area contributed by atoms with E-state index in [1.165, 1.54) is 7.11 Å². The van der Waals surface area contributed by atoms with Gasteiger partial charge < -0.3 is 40.1 Å². The average molecular weight is 507 g/mol. The van der Waals surface area contributed by atoms with E-state index in [4.69, 9.17) is 20.9 Å². The summed E-state index contributed by atoms with van der Waals surface area (Å²) in [5.74, 6) is 0. The molecule has 0 rings (SSSR count). The fourth-order valence-corrected chi connectivity index (χ4v) is 73.3. The molecule has 0 spiro atoms. The van der Waals surface area contributed by atoms with Crippen molar-refractivity contribution in [1.82, 2.24) is 0 Å². The standard InChI is InChI=1S/C7H26O9Si9/c1-12-23(6,7)24(13-17-8,16-21(2)15-22(3,4)5)25(19-10,20-11)14-18-9/h8-11,21H,1-7H3. The molecule has 25 heavy (non-hydrogen) atoms. The smallest absolute Gasteiger partial charge is 0.420 e. The molecule has 4 N–H and O–H groups in total. The lowest BCUT2D eigenvalue weighted by molar-refractivity contribution is 0.328. The summed E-state index contributed by atoms with van der Waals surface area (Å²) in [4.78, 5) is 39.2. The molecule has 0 aliphatic heterocycles. The van der Waals surface area contributed by atoms with Crippen LogP contribution < -0.4 is 0 Å². The highest BCUT2D eigenvalue weighted by Gasteiger charge is 2.72. The number of rotatable bonds is 13.